The lowest BCUT2D eigenvalue weighted by Gasteiger charge is -2.12. The van der Waals surface area contributed by atoms with E-state index in [-0.39, 0.29) is 5.91 Å². The van der Waals surface area contributed by atoms with E-state index >= 15 is 0 Å². The fourth-order valence-corrected chi connectivity index (χ4v) is 3.56. The molecule has 0 spiro atoms. The van der Waals surface area contributed by atoms with E-state index in [1.165, 1.54) is 11.8 Å². The van der Waals surface area contributed by atoms with E-state index in [4.69, 9.17) is 18.9 Å². The van der Waals surface area contributed by atoms with Gasteiger partial charge in [-0.1, -0.05) is 0 Å². The van der Waals surface area contributed by atoms with Crippen LogP contribution in [0.25, 0.3) is 6.08 Å². The summed E-state index contributed by atoms with van der Waals surface area (Å²) in [6.07, 6.45) is 1.76. The van der Waals surface area contributed by atoms with Gasteiger partial charge < -0.3 is 24.3 Å². The number of carbonyl (C=O) groups excluding carboxylic acids is 1. The third-order valence-electron chi connectivity index (χ3n) is 4.01. The Morgan fingerprint density at radius 3 is 2.24 bits per heavy atom. The van der Waals surface area contributed by atoms with Gasteiger partial charge in [0.2, 0.25) is 5.75 Å². The fraction of sp³-hybridized carbons (Fsp3) is 0.238. The fourth-order valence-electron chi connectivity index (χ4n) is 2.72. The standard InChI is InChI=1S/C21H22N2O5S/c1-5-28-15-8-6-14(7-9-15)22-21-23-20(24)18(29-21)12-13-10-16(25-2)19(27-4)17(11-13)26-3/h6-12H,5H2,1-4H3,(H,22,23,24). The molecule has 1 heterocycles. The number of aliphatic imine (C=N–C) groups is 1. The Balaban J connectivity index is 1.83. The molecule has 0 aromatic heterocycles. The molecule has 2 aromatic carbocycles. The number of nitrogens with one attached hydrogen (secondary N) is 1. The highest BCUT2D eigenvalue weighted by Gasteiger charge is 2.24. The van der Waals surface area contributed by atoms with Gasteiger partial charge in [0, 0.05) is 0 Å². The van der Waals surface area contributed by atoms with Gasteiger partial charge in [-0.2, -0.15) is 0 Å². The summed E-state index contributed by atoms with van der Waals surface area (Å²) in [5.74, 6) is 2.10. The first kappa shape index (κ1) is 20.6. The molecule has 0 unspecified atom stereocenters. The van der Waals surface area contributed by atoms with Crippen molar-refractivity contribution in [1.82, 2.24) is 5.32 Å². The second-order valence-corrected chi connectivity index (χ2v) is 6.90. The first-order valence-electron chi connectivity index (χ1n) is 8.90. The summed E-state index contributed by atoms with van der Waals surface area (Å²) in [7, 11) is 4.64. The van der Waals surface area contributed by atoms with Gasteiger partial charge in [-0.25, -0.2) is 4.99 Å². The zero-order valence-electron chi connectivity index (χ0n) is 16.6. The number of amidine groups is 1. The summed E-state index contributed by atoms with van der Waals surface area (Å²) in [5, 5.41) is 3.29. The molecular weight excluding hydrogens is 392 g/mol. The van der Waals surface area contributed by atoms with Gasteiger partial charge in [-0.05, 0) is 66.7 Å². The normalized spacial score (nSPS) is 16.1. The number of hydrogen-bond acceptors (Lipinski definition) is 7. The van der Waals surface area contributed by atoms with Crippen LogP contribution in [0.5, 0.6) is 23.0 Å². The first-order chi connectivity index (χ1) is 14.1. The molecule has 1 amide bonds. The van der Waals surface area contributed by atoms with Crippen molar-refractivity contribution >= 4 is 34.6 Å². The van der Waals surface area contributed by atoms with Gasteiger partial charge in [-0.3, -0.25) is 4.79 Å². The molecule has 0 saturated carbocycles. The van der Waals surface area contributed by atoms with Gasteiger partial charge >= 0.3 is 0 Å². The van der Waals surface area contributed by atoms with E-state index in [1.807, 2.05) is 31.2 Å². The SMILES string of the molecule is CCOc1ccc(N=C2NC(=O)C(=Cc3cc(OC)c(OC)c(OC)c3)S2)cc1. The molecule has 3 rings (SSSR count). The lowest BCUT2D eigenvalue weighted by Crippen LogP contribution is -2.19. The van der Waals surface area contributed by atoms with Crippen LogP contribution in [0.4, 0.5) is 5.69 Å². The minimum absolute atomic E-state index is 0.214. The van der Waals surface area contributed by atoms with E-state index < -0.39 is 0 Å². The Hall–Kier alpha value is -3.13. The zero-order valence-corrected chi connectivity index (χ0v) is 17.5. The number of hydrogen-bond donors (Lipinski definition) is 1. The molecular formula is C21H22N2O5S. The van der Waals surface area contributed by atoms with Crippen molar-refractivity contribution in [2.24, 2.45) is 4.99 Å². The highest BCUT2D eigenvalue weighted by molar-refractivity contribution is 8.18. The Labute approximate surface area is 173 Å². The van der Waals surface area contributed by atoms with Gasteiger partial charge in [0.1, 0.15) is 5.75 Å². The highest BCUT2D eigenvalue weighted by atomic mass is 32.2. The quantitative estimate of drug-likeness (QED) is 0.690. The second-order valence-electron chi connectivity index (χ2n) is 5.87. The van der Waals surface area contributed by atoms with Crippen LogP contribution < -0.4 is 24.3 Å². The van der Waals surface area contributed by atoms with Crippen molar-refractivity contribution in [2.45, 2.75) is 6.92 Å². The number of rotatable bonds is 7. The molecule has 1 aliphatic rings. The number of ether oxygens (including phenoxy) is 4. The van der Waals surface area contributed by atoms with E-state index in [1.54, 1.807) is 39.5 Å². The third-order valence-corrected chi connectivity index (χ3v) is 4.92. The smallest absolute Gasteiger partial charge is 0.264 e. The maximum Gasteiger partial charge on any atom is 0.264 e. The summed E-state index contributed by atoms with van der Waals surface area (Å²) in [6, 6.07) is 10.9. The zero-order chi connectivity index (χ0) is 20.8. The van der Waals surface area contributed by atoms with Crippen molar-refractivity contribution in [1.29, 1.82) is 0 Å². The van der Waals surface area contributed by atoms with E-state index in [9.17, 15) is 4.79 Å². The van der Waals surface area contributed by atoms with Crippen LogP contribution in [0.2, 0.25) is 0 Å². The molecule has 7 nitrogen and oxygen atoms in total. The number of amides is 1. The van der Waals surface area contributed by atoms with E-state index in [2.05, 4.69) is 10.3 Å². The minimum Gasteiger partial charge on any atom is -0.494 e. The maximum absolute atomic E-state index is 12.4. The second kappa shape index (κ2) is 9.38. The molecule has 0 radical (unpaired) electrons. The first-order valence-corrected chi connectivity index (χ1v) is 9.72. The van der Waals surface area contributed by atoms with E-state index in [0.717, 1.165) is 17.0 Å². The Morgan fingerprint density at radius 2 is 1.69 bits per heavy atom. The summed E-state index contributed by atoms with van der Waals surface area (Å²) in [5.41, 5.74) is 1.48. The van der Waals surface area contributed by atoms with Crippen molar-refractivity contribution in [2.75, 3.05) is 27.9 Å². The van der Waals surface area contributed by atoms with Crippen LogP contribution in [-0.2, 0) is 4.79 Å². The Morgan fingerprint density at radius 1 is 1.03 bits per heavy atom. The maximum atomic E-state index is 12.4. The molecule has 0 aliphatic carbocycles. The number of thioether (sulfide) groups is 1. The molecule has 0 bridgehead atoms. The van der Waals surface area contributed by atoms with Crippen molar-refractivity contribution in [3.63, 3.8) is 0 Å². The van der Waals surface area contributed by atoms with Gasteiger partial charge in [-0.15, -0.1) is 0 Å². The number of nitrogens with zero attached hydrogens (tertiary/aromatic N) is 1. The Bertz CT molecular complexity index is 929. The molecule has 2 aromatic rings. The van der Waals surface area contributed by atoms with Crippen LogP contribution >= 0.6 is 11.8 Å². The van der Waals surface area contributed by atoms with Gasteiger partial charge in [0.15, 0.2) is 16.7 Å². The predicted octanol–water partition coefficient (Wildman–Crippen LogP) is 4.00. The van der Waals surface area contributed by atoms with Crippen molar-refractivity contribution in [3.8, 4) is 23.0 Å². The number of benzene rings is 2. The van der Waals surface area contributed by atoms with Crippen LogP contribution in [-0.4, -0.2) is 39.0 Å². The summed E-state index contributed by atoms with van der Waals surface area (Å²) in [4.78, 5) is 17.4. The predicted molar refractivity (Wildman–Crippen MR) is 115 cm³/mol. The Kier molecular flexibility index (Phi) is 6.66. The molecule has 1 N–H and O–H groups in total. The van der Waals surface area contributed by atoms with Gasteiger partial charge in [0.25, 0.3) is 5.91 Å². The minimum atomic E-state index is -0.214. The van der Waals surface area contributed by atoms with Crippen LogP contribution in [0.1, 0.15) is 12.5 Å². The topological polar surface area (TPSA) is 78.4 Å². The largest absolute Gasteiger partial charge is 0.494 e. The average Bonchev–Trinajstić information content (AvgIpc) is 3.07. The molecule has 8 heteroatoms. The monoisotopic (exact) mass is 414 g/mol. The van der Waals surface area contributed by atoms with Crippen LogP contribution in [0, 0.1) is 0 Å². The third kappa shape index (κ3) is 4.83. The van der Waals surface area contributed by atoms with Crippen LogP contribution in [0.15, 0.2) is 46.3 Å². The highest BCUT2D eigenvalue weighted by Crippen LogP contribution is 2.39. The molecule has 1 fully saturated rings. The van der Waals surface area contributed by atoms with Crippen molar-refractivity contribution < 1.29 is 23.7 Å². The molecule has 1 aliphatic heterocycles. The van der Waals surface area contributed by atoms with Crippen LogP contribution in [0.3, 0.4) is 0 Å². The lowest BCUT2D eigenvalue weighted by atomic mass is 10.1. The summed E-state index contributed by atoms with van der Waals surface area (Å²) >= 11 is 1.27. The average molecular weight is 414 g/mol. The molecule has 0 atom stereocenters. The number of carbonyl (C=O) groups is 1. The lowest BCUT2D eigenvalue weighted by molar-refractivity contribution is -0.115. The molecule has 1 saturated heterocycles. The summed E-state index contributed by atoms with van der Waals surface area (Å²) < 4.78 is 21.5. The summed E-state index contributed by atoms with van der Waals surface area (Å²) in [6.45, 7) is 2.54. The molecule has 152 valence electrons. The van der Waals surface area contributed by atoms with Crippen molar-refractivity contribution in [3.05, 3.63) is 46.9 Å². The van der Waals surface area contributed by atoms with Gasteiger partial charge in [0.05, 0.1) is 38.5 Å². The van der Waals surface area contributed by atoms with E-state index in [0.29, 0.717) is 33.9 Å². The molecule has 29 heavy (non-hydrogen) atoms. The number of methoxy groups -OCH3 is 3.